The third kappa shape index (κ3) is 2.95. The number of rotatable bonds is 3. The molecule has 0 radical (unpaired) electrons. The molecule has 0 atom stereocenters. The minimum absolute atomic E-state index is 0.336. The summed E-state index contributed by atoms with van der Waals surface area (Å²) in [5, 5.41) is 0.554. The first-order valence-electron chi connectivity index (χ1n) is 5.02. The Labute approximate surface area is 90.7 Å². The molecule has 0 aliphatic rings. The molecular weight excluding hydrogens is 196 g/mol. The molecule has 78 valence electrons. The molecule has 1 aromatic rings. The molecule has 0 N–H and O–H groups in total. The van der Waals surface area contributed by atoms with Crippen LogP contribution in [0.5, 0.6) is 0 Å². The van der Waals surface area contributed by atoms with E-state index >= 15 is 0 Å². The van der Waals surface area contributed by atoms with Gasteiger partial charge in [-0.15, -0.1) is 0 Å². The van der Waals surface area contributed by atoms with E-state index in [0.717, 1.165) is 17.8 Å². The van der Waals surface area contributed by atoms with E-state index in [1.54, 1.807) is 0 Å². The van der Waals surface area contributed by atoms with Crippen molar-refractivity contribution >= 4 is 11.6 Å². The van der Waals surface area contributed by atoms with E-state index in [2.05, 4.69) is 37.7 Å². The van der Waals surface area contributed by atoms with Gasteiger partial charge in [-0.05, 0) is 18.3 Å². The van der Waals surface area contributed by atoms with Crippen LogP contribution in [0.2, 0.25) is 5.15 Å². The zero-order valence-electron chi connectivity index (χ0n) is 9.21. The number of nitrogens with zero attached hydrogens (tertiary/aromatic N) is 2. The van der Waals surface area contributed by atoms with Gasteiger partial charge in [0.25, 0.3) is 0 Å². The minimum atomic E-state index is 0.336. The van der Waals surface area contributed by atoms with Crippen molar-refractivity contribution in [1.82, 2.24) is 9.97 Å². The maximum absolute atomic E-state index is 6.03. The lowest BCUT2D eigenvalue weighted by Gasteiger charge is -2.08. The van der Waals surface area contributed by atoms with E-state index in [1.807, 2.05) is 6.20 Å². The van der Waals surface area contributed by atoms with Crippen LogP contribution in [0.25, 0.3) is 0 Å². The van der Waals surface area contributed by atoms with Crippen molar-refractivity contribution in [1.29, 1.82) is 0 Å². The van der Waals surface area contributed by atoms with Crippen LogP contribution in [-0.4, -0.2) is 9.97 Å². The summed E-state index contributed by atoms with van der Waals surface area (Å²) < 4.78 is 0. The van der Waals surface area contributed by atoms with Gasteiger partial charge in [0.1, 0.15) is 0 Å². The SMILES string of the molecule is CC(C)Cc1cnc(C(C)C)c(Cl)n1. The second kappa shape index (κ2) is 4.74. The maximum atomic E-state index is 6.03. The lowest BCUT2D eigenvalue weighted by atomic mass is 10.1. The molecule has 1 rings (SSSR count). The van der Waals surface area contributed by atoms with Gasteiger partial charge in [-0.3, -0.25) is 4.98 Å². The molecule has 3 heteroatoms. The Bertz CT molecular complexity index is 308. The molecule has 0 aliphatic heterocycles. The molecule has 1 aromatic heterocycles. The minimum Gasteiger partial charge on any atom is -0.256 e. The van der Waals surface area contributed by atoms with Crippen molar-refractivity contribution in [3.05, 3.63) is 22.7 Å². The van der Waals surface area contributed by atoms with Gasteiger partial charge >= 0.3 is 0 Å². The van der Waals surface area contributed by atoms with Crippen LogP contribution in [0.15, 0.2) is 6.20 Å². The van der Waals surface area contributed by atoms with Crippen molar-refractivity contribution < 1.29 is 0 Å². The van der Waals surface area contributed by atoms with Crippen LogP contribution < -0.4 is 0 Å². The fourth-order valence-electron chi connectivity index (χ4n) is 1.31. The summed E-state index contributed by atoms with van der Waals surface area (Å²) in [6.07, 6.45) is 2.77. The second-order valence-corrected chi connectivity index (χ2v) is 4.65. The second-order valence-electron chi connectivity index (χ2n) is 4.29. The first kappa shape index (κ1) is 11.4. The highest BCUT2D eigenvalue weighted by Gasteiger charge is 2.09. The Hall–Kier alpha value is -0.630. The maximum Gasteiger partial charge on any atom is 0.151 e. The number of aromatic nitrogens is 2. The normalized spacial score (nSPS) is 11.4. The molecule has 0 fully saturated rings. The van der Waals surface area contributed by atoms with E-state index in [9.17, 15) is 0 Å². The summed E-state index contributed by atoms with van der Waals surface area (Å²) in [6, 6.07) is 0. The van der Waals surface area contributed by atoms with Gasteiger partial charge in [-0.1, -0.05) is 39.3 Å². The first-order chi connectivity index (χ1) is 6.50. The van der Waals surface area contributed by atoms with Crippen LogP contribution >= 0.6 is 11.6 Å². The zero-order chi connectivity index (χ0) is 10.7. The summed E-state index contributed by atoms with van der Waals surface area (Å²) in [6.45, 7) is 8.45. The largest absolute Gasteiger partial charge is 0.256 e. The highest BCUT2D eigenvalue weighted by molar-refractivity contribution is 6.30. The standard InChI is InChI=1S/C11H17ClN2/c1-7(2)5-9-6-13-10(8(3)4)11(12)14-9/h6-8H,5H2,1-4H3. The Morgan fingerprint density at radius 3 is 2.36 bits per heavy atom. The Morgan fingerprint density at radius 1 is 1.29 bits per heavy atom. The zero-order valence-corrected chi connectivity index (χ0v) is 9.97. The van der Waals surface area contributed by atoms with E-state index in [0.29, 0.717) is 17.0 Å². The molecule has 0 aliphatic carbocycles. The van der Waals surface area contributed by atoms with Crippen molar-refractivity contribution in [3.63, 3.8) is 0 Å². The molecule has 0 unspecified atom stereocenters. The Morgan fingerprint density at radius 2 is 1.93 bits per heavy atom. The predicted molar refractivity (Wildman–Crippen MR) is 59.7 cm³/mol. The fourth-order valence-corrected chi connectivity index (χ4v) is 1.69. The first-order valence-corrected chi connectivity index (χ1v) is 5.39. The van der Waals surface area contributed by atoms with Crippen LogP contribution in [0, 0.1) is 5.92 Å². The molecule has 0 saturated carbocycles. The molecule has 0 spiro atoms. The van der Waals surface area contributed by atoms with Crippen molar-refractivity contribution in [2.24, 2.45) is 5.92 Å². The van der Waals surface area contributed by atoms with Gasteiger partial charge in [-0.25, -0.2) is 4.98 Å². The third-order valence-electron chi connectivity index (χ3n) is 1.97. The van der Waals surface area contributed by atoms with Crippen LogP contribution in [0.1, 0.15) is 45.0 Å². The van der Waals surface area contributed by atoms with Gasteiger partial charge in [0.05, 0.1) is 11.4 Å². The van der Waals surface area contributed by atoms with Crippen molar-refractivity contribution in [3.8, 4) is 0 Å². The molecule has 14 heavy (non-hydrogen) atoms. The molecule has 2 nitrogen and oxygen atoms in total. The van der Waals surface area contributed by atoms with E-state index in [1.165, 1.54) is 0 Å². The predicted octanol–water partition coefficient (Wildman–Crippen LogP) is 3.45. The van der Waals surface area contributed by atoms with Crippen LogP contribution in [0.3, 0.4) is 0 Å². The number of hydrogen-bond acceptors (Lipinski definition) is 2. The molecule has 1 heterocycles. The van der Waals surface area contributed by atoms with Crippen LogP contribution in [0.4, 0.5) is 0 Å². The fraction of sp³-hybridized carbons (Fsp3) is 0.636. The van der Waals surface area contributed by atoms with E-state index in [-0.39, 0.29) is 0 Å². The highest BCUT2D eigenvalue weighted by atomic mass is 35.5. The highest BCUT2D eigenvalue weighted by Crippen LogP contribution is 2.20. The van der Waals surface area contributed by atoms with Gasteiger partial charge in [0, 0.05) is 6.20 Å². The summed E-state index contributed by atoms with van der Waals surface area (Å²) >= 11 is 6.03. The summed E-state index contributed by atoms with van der Waals surface area (Å²) in [5.74, 6) is 0.924. The molecular formula is C11H17ClN2. The number of hydrogen-bond donors (Lipinski definition) is 0. The third-order valence-corrected chi connectivity index (χ3v) is 2.25. The topological polar surface area (TPSA) is 25.8 Å². The monoisotopic (exact) mass is 212 g/mol. The Balaban J connectivity index is 2.89. The lowest BCUT2D eigenvalue weighted by molar-refractivity contribution is 0.630. The average molecular weight is 213 g/mol. The lowest BCUT2D eigenvalue weighted by Crippen LogP contribution is -2.02. The summed E-state index contributed by atoms with van der Waals surface area (Å²) in [5.41, 5.74) is 1.87. The van der Waals surface area contributed by atoms with E-state index < -0.39 is 0 Å². The van der Waals surface area contributed by atoms with Gasteiger partial charge in [-0.2, -0.15) is 0 Å². The molecule has 0 aromatic carbocycles. The molecule has 0 saturated heterocycles. The van der Waals surface area contributed by atoms with Crippen molar-refractivity contribution in [2.75, 3.05) is 0 Å². The van der Waals surface area contributed by atoms with E-state index in [4.69, 9.17) is 11.6 Å². The van der Waals surface area contributed by atoms with Crippen molar-refractivity contribution in [2.45, 2.75) is 40.0 Å². The summed E-state index contributed by atoms with van der Waals surface area (Å²) in [4.78, 5) is 8.67. The quantitative estimate of drug-likeness (QED) is 0.767. The summed E-state index contributed by atoms with van der Waals surface area (Å²) in [7, 11) is 0. The van der Waals surface area contributed by atoms with Gasteiger partial charge in [0.2, 0.25) is 0 Å². The van der Waals surface area contributed by atoms with Gasteiger partial charge in [0.15, 0.2) is 5.15 Å². The smallest absolute Gasteiger partial charge is 0.151 e. The molecule has 0 amide bonds. The Kier molecular flexibility index (Phi) is 3.87. The number of halogens is 1. The van der Waals surface area contributed by atoms with Gasteiger partial charge < -0.3 is 0 Å². The molecule has 0 bridgehead atoms. The average Bonchev–Trinajstić information content (AvgIpc) is 2.01. The van der Waals surface area contributed by atoms with Crippen LogP contribution in [-0.2, 0) is 6.42 Å².